The predicted octanol–water partition coefficient (Wildman–Crippen LogP) is 5.28. The van der Waals surface area contributed by atoms with Crippen LogP contribution >= 0.6 is 0 Å². The van der Waals surface area contributed by atoms with E-state index in [0.717, 1.165) is 30.2 Å². The van der Waals surface area contributed by atoms with Crippen LogP contribution in [0.1, 0.15) is 52.3 Å². The third kappa shape index (κ3) is 5.22. The summed E-state index contributed by atoms with van der Waals surface area (Å²) in [6.45, 7) is 14.0. The van der Waals surface area contributed by atoms with Gasteiger partial charge in [0.05, 0.1) is 0 Å². The van der Waals surface area contributed by atoms with Crippen LogP contribution in [-0.4, -0.2) is 16.5 Å². The number of hydrogen-bond acceptors (Lipinski definition) is 4. The molecule has 0 spiro atoms. The molecule has 0 aliphatic rings. The highest BCUT2D eigenvalue weighted by Crippen LogP contribution is 2.31. The smallest absolute Gasteiger partial charge is 0.224 e. The average molecular weight is 326 g/mol. The van der Waals surface area contributed by atoms with Crippen molar-refractivity contribution in [3.63, 3.8) is 0 Å². The number of hydrogen-bond donors (Lipinski definition) is 2. The van der Waals surface area contributed by atoms with Crippen molar-refractivity contribution in [2.45, 2.75) is 53.4 Å². The average Bonchev–Trinajstić information content (AvgIpc) is 2.45. The van der Waals surface area contributed by atoms with E-state index in [-0.39, 0.29) is 5.41 Å². The molecule has 1 heterocycles. The quantitative estimate of drug-likeness (QED) is 0.758. The standard InChI is InChI=1S/C20H30N4/c1-14(2)11-12-21-19-22-15(3)13-18(24-19)23-17-10-8-7-9-16(17)20(4,5)6/h7-10,13-14H,11-12H2,1-6H3,(H2,21,22,23,24). The number of nitrogens with zero attached hydrogens (tertiary/aromatic N) is 2. The molecule has 0 atom stereocenters. The van der Waals surface area contributed by atoms with Crippen LogP contribution < -0.4 is 10.6 Å². The van der Waals surface area contributed by atoms with Crippen LogP contribution in [0.2, 0.25) is 0 Å². The number of nitrogens with one attached hydrogen (secondary N) is 2. The highest BCUT2D eigenvalue weighted by molar-refractivity contribution is 5.63. The van der Waals surface area contributed by atoms with E-state index in [2.05, 4.69) is 73.4 Å². The van der Waals surface area contributed by atoms with Gasteiger partial charge >= 0.3 is 0 Å². The van der Waals surface area contributed by atoms with Gasteiger partial charge in [0.25, 0.3) is 0 Å². The van der Waals surface area contributed by atoms with E-state index in [1.165, 1.54) is 5.56 Å². The second kappa shape index (κ2) is 7.65. The van der Waals surface area contributed by atoms with Gasteiger partial charge in [-0.05, 0) is 36.3 Å². The lowest BCUT2D eigenvalue weighted by Crippen LogP contribution is -2.14. The molecule has 2 aromatic rings. The molecule has 0 saturated carbocycles. The summed E-state index contributed by atoms with van der Waals surface area (Å²) in [6, 6.07) is 10.4. The molecule has 2 rings (SSSR count). The number of rotatable bonds is 6. The number of benzene rings is 1. The Morgan fingerprint density at radius 3 is 2.46 bits per heavy atom. The summed E-state index contributed by atoms with van der Waals surface area (Å²) in [6.07, 6.45) is 1.10. The zero-order valence-electron chi connectivity index (χ0n) is 15.8. The summed E-state index contributed by atoms with van der Waals surface area (Å²) in [5.74, 6) is 2.18. The number of para-hydroxylation sites is 1. The van der Waals surface area contributed by atoms with Crippen LogP contribution in [0.15, 0.2) is 30.3 Å². The summed E-state index contributed by atoms with van der Waals surface area (Å²) in [5, 5.41) is 6.79. The molecular formula is C20H30N4. The Morgan fingerprint density at radius 2 is 1.79 bits per heavy atom. The van der Waals surface area contributed by atoms with Gasteiger partial charge in [-0.3, -0.25) is 0 Å². The largest absolute Gasteiger partial charge is 0.354 e. The Labute approximate surface area is 146 Å². The molecule has 4 nitrogen and oxygen atoms in total. The monoisotopic (exact) mass is 326 g/mol. The molecule has 0 fully saturated rings. The molecular weight excluding hydrogens is 296 g/mol. The zero-order valence-corrected chi connectivity index (χ0v) is 15.8. The molecule has 4 heteroatoms. The van der Waals surface area contributed by atoms with Gasteiger partial charge in [-0.2, -0.15) is 4.98 Å². The molecule has 130 valence electrons. The zero-order chi connectivity index (χ0) is 17.7. The maximum Gasteiger partial charge on any atom is 0.224 e. The van der Waals surface area contributed by atoms with Crippen molar-refractivity contribution in [2.75, 3.05) is 17.2 Å². The van der Waals surface area contributed by atoms with Gasteiger partial charge in [0, 0.05) is 24.0 Å². The molecule has 0 amide bonds. The molecule has 1 aromatic carbocycles. The van der Waals surface area contributed by atoms with Gasteiger partial charge in [0.15, 0.2) is 0 Å². The van der Waals surface area contributed by atoms with Gasteiger partial charge in [0.2, 0.25) is 5.95 Å². The Balaban J connectivity index is 2.20. The lowest BCUT2D eigenvalue weighted by molar-refractivity contribution is 0.592. The molecule has 0 radical (unpaired) electrons. The van der Waals surface area contributed by atoms with Crippen LogP contribution in [0.25, 0.3) is 0 Å². The van der Waals surface area contributed by atoms with E-state index in [1.807, 2.05) is 19.1 Å². The Hall–Kier alpha value is -2.10. The van der Waals surface area contributed by atoms with Crippen molar-refractivity contribution in [1.82, 2.24) is 9.97 Å². The van der Waals surface area contributed by atoms with Crippen LogP contribution in [0.5, 0.6) is 0 Å². The second-order valence-corrected chi connectivity index (χ2v) is 7.75. The normalized spacial score (nSPS) is 11.6. The van der Waals surface area contributed by atoms with Gasteiger partial charge in [-0.25, -0.2) is 4.98 Å². The minimum Gasteiger partial charge on any atom is -0.354 e. The van der Waals surface area contributed by atoms with Gasteiger partial charge in [-0.15, -0.1) is 0 Å². The van der Waals surface area contributed by atoms with Crippen molar-refractivity contribution >= 4 is 17.5 Å². The van der Waals surface area contributed by atoms with E-state index < -0.39 is 0 Å². The molecule has 0 bridgehead atoms. The molecule has 24 heavy (non-hydrogen) atoms. The lowest BCUT2D eigenvalue weighted by atomic mass is 9.86. The van der Waals surface area contributed by atoms with Crippen LogP contribution in [-0.2, 0) is 5.41 Å². The third-order valence-electron chi connectivity index (χ3n) is 3.86. The molecule has 2 N–H and O–H groups in total. The SMILES string of the molecule is Cc1cc(Nc2ccccc2C(C)(C)C)nc(NCCC(C)C)n1. The van der Waals surface area contributed by atoms with E-state index in [9.17, 15) is 0 Å². The molecule has 0 aliphatic heterocycles. The van der Waals surface area contributed by atoms with Crippen LogP contribution in [0.4, 0.5) is 17.5 Å². The number of aryl methyl sites for hydroxylation is 1. The molecule has 1 aromatic heterocycles. The van der Waals surface area contributed by atoms with Crippen molar-refractivity contribution in [1.29, 1.82) is 0 Å². The summed E-state index contributed by atoms with van der Waals surface area (Å²) >= 11 is 0. The topological polar surface area (TPSA) is 49.8 Å². The van der Waals surface area contributed by atoms with Crippen LogP contribution in [0, 0.1) is 12.8 Å². The fraction of sp³-hybridized carbons (Fsp3) is 0.500. The van der Waals surface area contributed by atoms with E-state index in [1.54, 1.807) is 0 Å². The maximum absolute atomic E-state index is 4.62. The van der Waals surface area contributed by atoms with Gasteiger partial charge in [-0.1, -0.05) is 52.8 Å². The molecule has 0 aliphatic carbocycles. The van der Waals surface area contributed by atoms with Gasteiger partial charge in [0.1, 0.15) is 5.82 Å². The Bertz CT molecular complexity index is 672. The summed E-state index contributed by atoms with van der Waals surface area (Å²) in [7, 11) is 0. The minimum absolute atomic E-state index is 0.0734. The summed E-state index contributed by atoms with van der Waals surface area (Å²) < 4.78 is 0. The Morgan fingerprint density at radius 1 is 1.08 bits per heavy atom. The van der Waals surface area contributed by atoms with E-state index in [4.69, 9.17) is 0 Å². The predicted molar refractivity (Wildman–Crippen MR) is 103 cm³/mol. The molecule has 0 saturated heterocycles. The van der Waals surface area contributed by atoms with Crippen molar-refractivity contribution in [2.24, 2.45) is 5.92 Å². The van der Waals surface area contributed by atoms with Crippen molar-refractivity contribution < 1.29 is 0 Å². The Kier molecular flexibility index (Phi) is 5.81. The van der Waals surface area contributed by atoms with Crippen molar-refractivity contribution in [3.8, 4) is 0 Å². The van der Waals surface area contributed by atoms with E-state index >= 15 is 0 Å². The molecule has 0 unspecified atom stereocenters. The number of anilines is 3. The maximum atomic E-state index is 4.62. The van der Waals surface area contributed by atoms with E-state index in [0.29, 0.717) is 11.9 Å². The first kappa shape index (κ1) is 18.2. The summed E-state index contributed by atoms with van der Waals surface area (Å²) in [4.78, 5) is 9.10. The van der Waals surface area contributed by atoms with Gasteiger partial charge < -0.3 is 10.6 Å². The second-order valence-electron chi connectivity index (χ2n) is 7.75. The third-order valence-corrected chi connectivity index (χ3v) is 3.86. The summed E-state index contributed by atoms with van der Waals surface area (Å²) in [5.41, 5.74) is 3.39. The highest BCUT2D eigenvalue weighted by Gasteiger charge is 2.17. The fourth-order valence-corrected chi connectivity index (χ4v) is 2.57. The van der Waals surface area contributed by atoms with Crippen LogP contribution in [0.3, 0.4) is 0 Å². The highest BCUT2D eigenvalue weighted by atomic mass is 15.1. The van der Waals surface area contributed by atoms with Crippen molar-refractivity contribution in [3.05, 3.63) is 41.6 Å². The fourth-order valence-electron chi connectivity index (χ4n) is 2.57. The first-order valence-corrected chi connectivity index (χ1v) is 8.72. The number of aromatic nitrogens is 2. The lowest BCUT2D eigenvalue weighted by Gasteiger charge is -2.23. The minimum atomic E-state index is 0.0734. The first-order chi connectivity index (χ1) is 11.3. The first-order valence-electron chi connectivity index (χ1n) is 8.72.